The van der Waals surface area contributed by atoms with Gasteiger partial charge >= 0.3 is 0 Å². The molecule has 0 saturated carbocycles. The van der Waals surface area contributed by atoms with Crippen LogP contribution in [0.2, 0.25) is 0 Å². The maximum Gasteiger partial charge on any atom is 0.243 e. The molecular formula is C16H20N2O4S. The van der Waals surface area contributed by atoms with E-state index in [2.05, 4.69) is 5.16 Å². The number of benzene rings is 1. The Kier molecular flexibility index (Phi) is 4.41. The summed E-state index contributed by atoms with van der Waals surface area (Å²) >= 11 is 0. The predicted molar refractivity (Wildman–Crippen MR) is 84.7 cm³/mol. The Balaban J connectivity index is 1.88. The number of aryl methyl sites for hydroxylation is 1. The summed E-state index contributed by atoms with van der Waals surface area (Å²) in [4.78, 5) is 0.271. The lowest BCUT2D eigenvalue weighted by Crippen LogP contribution is -2.30. The SMILES string of the molecule is CCOc1ccc(S(=O)(=O)N2CCCC2c2cc(C)on2)cc1. The third-order valence-corrected chi connectivity index (χ3v) is 5.86. The lowest BCUT2D eigenvalue weighted by atomic mass is 10.1. The van der Waals surface area contributed by atoms with E-state index in [9.17, 15) is 8.42 Å². The van der Waals surface area contributed by atoms with Crippen molar-refractivity contribution >= 4 is 10.0 Å². The molecule has 1 fully saturated rings. The van der Waals surface area contributed by atoms with Crippen LogP contribution in [-0.2, 0) is 10.0 Å². The zero-order valence-electron chi connectivity index (χ0n) is 13.2. The molecule has 1 aliphatic rings. The highest BCUT2D eigenvalue weighted by Crippen LogP contribution is 2.36. The first-order valence-electron chi connectivity index (χ1n) is 7.70. The maximum absolute atomic E-state index is 12.9. The first kappa shape index (κ1) is 16.0. The van der Waals surface area contributed by atoms with Crippen LogP contribution in [-0.4, -0.2) is 31.0 Å². The van der Waals surface area contributed by atoms with Crippen molar-refractivity contribution in [1.82, 2.24) is 9.46 Å². The number of rotatable bonds is 5. The molecule has 1 aromatic carbocycles. The van der Waals surface area contributed by atoms with E-state index in [-0.39, 0.29) is 10.9 Å². The average molecular weight is 336 g/mol. The Morgan fingerprint density at radius 2 is 2.09 bits per heavy atom. The lowest BCUT2D eigenvalue weighted by molar-refractivity contribution is 0.339. The third-order valence-electron chi connectivity index (χ3n) is 3.93. The van der Waals surface area contributed by atoms with Crippen molar-refractivity contribution in [2.24, 2.45) is 0 Å². The van der Waals surface area contributed by atoms with Crippen LogP contribution in [0.25, 0.3) is 0 Å². The minimum absolute atomic E-state index is 0.260. The standard InChI is InChI=1S/C16H20N2O4S/c1-3-21-13-6-8-14(9-7-13)23(19,20)18-10-4-5-16(18)15-11-12(2)22-17-15/h6-9,11,16H,3-5,10H2,1-2H3. The minimum Gasteiger partial charge on any atom is -0.494 e. The molecule has 0 N–H and O–H groups in total. The molecule has 3 rings (SSSR count). The monoisotopic (exact) mass is 336 g/mol. The van der Waals surface area contributed by atoms with Gasteiger partial charge < -0.3 is 9.26 Å². The summed E-state index contributed by atoms with van der Waals surface area (Å²) in [5.74, 6) is 1.35. The first-order valence-corrected chi connectivity index (χ1v) is 9.14. The van der Waals surface area contributed by atoms with Gasteiger partial charge in [-0.3, -0.25) is 0 Å². The van der Waals surface area contributed by atoms with E-state index in [0.717, 1.165) is 12.8 Å². The van der Waals surface area contributed by atoms with Crippen LogP contribution in [0.1, 0.15) is 37.3 Å². The highest BCUT2D eigenvalue weighted by atomic mass is 32.2. The van der Waals surface area contributed by atoms with Gasteiger partial charge in [0.05, 0.1) is 17.5 Å². The number of aromatic nitrogens is 1. The van der Waals surface area contributed by atoms with Gasteiger partial charge in [-0.05, 0) is 51.0 Å². The Morgan fingerprint density at radius 1 is 1.35 bits per heavy atom. The van der Waals surface area contributed by atoms with Crippen molar-refractivity contribution in [1.29, 1.82) is 0 Å². The van der Waals surface area contributed by atoms with Gasteiger partial charge in [-0.15, -0.1) is 0 Å². The van der Waals surface area contributed by atoms with Gasteiger partial charge in [0, 0.05) is 12.6 Å². The molecule has 23 heavy (non-hydrogen) atoms. The quantitative estimate of drug-likeness (QED) is 0.839. The molecule has 0 bridgehead atoms. The molecule has 1 saturated heterocycles. The van der Waals surface area contributed by atoms with E-state index < -0.39 is 10.0 Å². The largest absolute Gasteiger partial charge is 0.494 e. The first-order chi connectivity index (χ1) is 11.0. The van der Waals surface area contributed by atoms with Gasteiger partial charge in [-0.2, -0.15) is 4.31 Å². The summed E-state index contributed by atoms with van der Waals surface area (Å²) in [5, 5.41) is 3.99. The molecule has 1 aliphatic heterocycles. The van der Waals surface area contributed by atoms with Gasteiger partial charge in [0.2, 0.25) is 10.0 Å². The molecular weight excluding hydrogens is 316 g/mol. The molecule has 2 heterocycles. The van der Waals surface area contributed by atoms with E-state index in [1.165, 1.54) is 4.31 Å². The summed E-state index contributed by atoms with van der Waals surface area (Å²) in [5.41, 5.74) is 0.675. The van der Waals surface area contributed by atoms with Crippen molar-refractivity contribution in [3.05, 3.63) is 41.8 Å². The van der Waals surface area contributed by atoms with E-state index in [4.69, 9.17) is 9.26 Å². The highest BCUT2D eigenvalue weighted by Gasteiger charge is 2.37. The average Bonchev–Trinajstić information content (AvgIpc) is 3.17. The number of sulfonamides is 1. The lowest BCUT2D eigenvalue weighted by Gasteiger charge is -2.22. The fourth-order valence-corrected chi connectivity index (χ4v) is 4.54. The summed E-state index contributed by atoms with van der Waals surface area (Å²) in [6, 6.07) is 8.08. The Bertz CT molecular complexity index is 768. The van der Waals surface area contributed by atoms with Crippen molar-refractivity contribution in [2.45, 2.75) is 37.6 Å². The number of hydrogen-bond donors (Lipinski definition) is 0. The van der Waals surface area contributed by atoms with Crippen LogP contribution in [0.15, 0.2) is 39.8 Å². The van der Waals surface area contributed by atoms with Crippen LogP contribution in [0.5, 0.6) is 5.75 Å². The summed E-state index contributed by atoms with van der Waals surface area (Å²) in [7, 11) is -3.56. The van der Waals surface area contributed by atoms with Crippen LogP contribution >= 0.6 is 0 Å². The molecule has 124 valence electrons. The molecule has 7 heteroatoms. The molecule has 0 radical (unpaired) electrons. The van der Waals surface area contributed by atoms with Gasteiger partial charge in [0.15, 0.2) is 0 Å². The second kappa shape index (κ2) is 6.33. The molecule has 2 aromatic rings. The molecule has 0 spiro atoms. The normalized spacial score (nSPS) is 19.1. The Hall–Kier alpha value is -1.86. The zero-order valence-corrected chi connectivity index (χ0v) is 14.0. The van der Waals surface area contributed by atoms with Crippen molar-refractivity contribution in [2.75, 3.05) is 13.2 Å². The summed E-state index contributed by atoms with van der Waals surface area (Å²) < 4.78 is 37.8. The number of ether oxygens (including phenoxy) is 1. The minimum atomic E-state index is -3.56. The van der Waals surface area contributed by atoms with Crippen molar-refractivity contribution in [3.63, 3.8) is 0 Å². The summed E-state index contributed by atoms with van der Waals surface area (Å²) in [6.45, 7) is 4.73. The fourth-order valence-electron chi connectivity index (χ4n) is 2.88. The van der Waals surface area contributed by atoms with Gasteiger partial charge in [-0.1, -0.05) is 5.16 Å². The topological polar surface area (TPSA) is 72.6 Å². The zero-order chi connectivity index (χ0) is 16.4. The van der Waals surface area contributed by atoms with E-state index >= 15 is 0 Å². The van der Waals surface area contributed by atoms with E-state index in [1.54, 1.807) is 37.3 Å². The second-order valence-electron chi connectivity index (χ2n) is 5.54. The van der Waals surface area contributed by atoms with E-state index in [0.29, 0.717) is 30.4 Å². The second-order valence-corrected chi connectivity index (χ2v) is 7.43. The van der Waals surface area contributed by atoms with Gasteiger partial charge in [-0.25, -0.2) is 8.42 Å². The Labute approximate surface area is 136 Å². The fraction of sp³-hybridized carbons (Fsp3) is 0.438. The van der Waals surface area contributed by atoms with Crippen LogP contribution in [0.3, 0.4) is 0 Å². The smallest absolute Gasteiger partial charge is 0.243 e. The predicted octanol–water partition coefficient (Wildman–Crippen LogP) is 2.91. The van der Waals surface area contributed by atoms with Crippen LogP contribution < -0.4 is 4.74 Å². The number of hydrogen-bond acceptors (Lipinski definition) is 5. The maximum atomic E-state index is 12.9. The van der Waals surface area contributed by atoms with Gasteiger partial charge in [0.1, 0.15) is 17.2 Å². The molecule has 6 nitrogen and oxygen atoms in total. The molecule has 0 amide bonds. The molecule has 1 atom stereocenters. The van der Waals surface area contributed by atoms with Crippen molar-refractivity contribution < 1.29 is 17.7 Å². The summed E-state index contributed by atoms with van der Waals surface area (Å²) in [6.07, 6.45) is 1.56. The third kappa shape index (κ3) is 3.11. The molecule has 1 unspecified atom stereocenters. The van der Waals surface area contributed by atoms with Gasteiger partial charge in [0.25, 0.3) is 0 Å². The molecule has 1 aromatic heterocycles. The van der Waals surface area contributed by atoms with Crippen molar-refractivity contribution in [3.8, 4) is 5.75 Å². The van der Waals surface area contributed by atoms with Crippen LogP contribution in [0.4, 0.5) is 0 Å². The van der Waals surface area contributed by atoms with E-state index in [1.807, 2.05) is 6.92 Å². The Morgan fingerprint density at radius 3 is 2.70 bits per heavy atom. The molecule has 0 aliphatic carbocycles. The van der Waals surface area contributed by atoms with Crippen LogP contribution in [0, 0.1) is 6.92 Å². The number of nitrogens with zero attached hydrogens (tertiary/aromatic N) is 2. The highest BCUT2D eigenvalue weighted by molar-refractivity contribution is 7.89.